The average Bonchev–Trinajstić information content (AvgIpc) is 3.09. The van der Waals surface area contributed by atoms with Crippen molar-refractivity contribution in [1.82, 2.24) is 4.90 Å². The third-order valence-electron chi connectivity index (χ3n) is 9.41. The molecule has 0 aromatic carbocycles. The number of hydrogen-bond donors (Lipinski definition) is 1. The molecule has 0 aromatic rings. The number of carbonyl (C=O) groups excluding carboxylic acids is 2. The van der Waals surface area contributed by atoms with Crippen LogP contribution in [0.3, 0.4) is 0 Å². The van der Waals surface area contributed by atoms with Gasteiger partial charge in [0.15, 0.2) is 0 Å². The van der Waals surface area contributed by atoms with E-state index in [2.05, 4.69) is 32.6 Å². The SMILES string of the molecule is CCCCCCCC(=CC(=O)OCCCCN(CCCO)CCCCOC(=O)/C=C(\CCCCCC)CCCCCCC)CCCCCC. The zero-order valence-electron chi connectivity index (χ0n) is 33.0. The van der Waals surface area contributed by atoms with E-state index in [9.17, 15) is 14.7 Å². The van der Waals surface area contributed by atoms with Crippen molar-refractivity contribution < 1.29 is 24.2 Å². The highest BCUT2D eigenvalue weighted by Gasteiger charge is 2.09. The van der Waals surface area contributed by atoms with E-state index in [-0.39, 0.29) is 18.5 Å². The Hall–Kier alpha value is -1.66. The molecule has 6 heteroatoms. The van der Waals surface area contributed by atoms with Crippen LogP contribution < -0.4 is 0 Å². The van der Waals surface area contributed by atoms with Crippen LogP contribution in [0.2, 0.25) is 0 Å². The Balaban J connectivity index is 4.54. The minimum Gasteiger partial charge on any atom is -0.463 e. The molecule has 0 aromatic heterocycles. The van der Waals surface area contributed by atoms with Crippen LogP contribution in [0.4, 0.5) is 0 Å². The minimum absolute atomic E-state index is 0.184. The number of rotatable bonds is 37. The summed E-state index contributed by atoms with van der Waals surface area (Å²) in [5.41, 5.74) is 2.52. The fourth-order valence-electron chi connectivity index (χ4n) is 6.27. The monoisotopic (exact) mass is 692 g/mol. The first kappa shape index (κ1) is 47.3. The molecule has 0 aliphatic carbocycles. The number of allylic oxidation sites excluding steroid dienone is 2. The van der Waals surface area contributed by atoms with Crippen LogP contribution in [0.1, 0.15) is 201 Å². The lowest BCUT2D eigenvalue weighted by Gasteiger charge is -2.21. The summed E-state index contributed by atoms with van der Waals surface area (Å²) in [6.07, 6.45) is 34.1. The molecule has 288 valence electrons. The number of aliphatic hydroxyl groups is 1. The third kappa shape index (κ3) is 33.3. The number of nitrogens with zero attached hydrogens (tertiary/aromatic N) is 1. The molecule has 0 aliphatic rings. The van der Waals surface area contributed by atoms with E-state index in [1.165, 1.54) is 101 Å². The highest BCUT2D eigenvalue weighted by Crippen LogP contribution is 2.19. The Morgan fingerprint density at radius 2 is 0.776 bits per heavy atom. The Labute approximate surface area is 304 Å². The maximum Gasteiger partial charge on any atom is 0.330 e. The molecule has 0 saturated heterocycles. The summed E-state index contributed by atoms with van der Waals surface area (Å²) in [7, 11) is 0. The summed E-state index contributed by atoms with van der Waals surface area (Å²) in [5.74, 6) is -0.368. The van der Waals surface area contributed by atoms with Crippen molar-refractivity contribution >= 4 is 11.9 Å². The second kappa shape index (κ2) is 37.6. The lowest BCUT2D eigenvalue weighted by Crippen LogP contribution is -2.28. The van der Waals surface area contributed by atoms with Gasteiger partial charge in [-0.15, -0.1) is 0 Å². The largest absolute Gasteiger partial charge is 0.463 e. The molecule has 0 rings (SSSR count). The molecule has 0 amide bonds. The molecule has 0 spiro atoms. The first-order valence-corrected chi connectivity index (χ1v) is 21.1. The van der Waals surface area contributed by atoms with E-state index in [1.807, 2.05) is 0 Å². The van der Waals surface area contributed by atoms with Crippen molar-refractivity contribution in [3.63, 3.8) is 0 Å². The summed E-state index contributed by atoms with van der Waals surface area (Å²) in [5, 5.41) is 9.39. The molecule has 0 bridgehead atoms. The summed E-state index contributed by atoms with van der Waals surface area (Å²) in [4.78, 5) is 27.6. The lowest BCUT2D eigenvalue weighted by atomic mass is 10.00. The maximum atomic E-state index is 12.6. The molecule has 0 aliphatic heterocycles. The van der Waals surface area contributed by atoms with Crippen molar-refractivity contribution in [2.75, 3.05) is 39.5 Å². The molecule has 6 nitrogen and oxygen atoms in total. The molecule has 0 atom stereocenters. The van der Waals surface area contributed by atoms with E-state index in [0.29, 0.717) is 13.2 Å². The predicted octanol–water partition coefficient (Wildman–Crippen LogP) is 11.8. The van der Waals surface area contributed by atoms with Gasteiger partial charge in [-0.2, -0.15) is 0 Å². The number of carbonyl (C=O) groups is 2. The molecule has 0 radical (unpaired) electrons. The smallest absolute Gasteiger partial charge is 0.330 e. The van der Waals surface area contributed by atoms with Gasteiger partial charge >= 0.3 is 11.9 Å². The van der Waals surface area contributed by atoms with Crippen molar-refractivity contribution in [3.05, 3.63) is 23.3 Å². The van der Waals surface area contributed by atoms with Gasteiger partial charge in [0, 0.05) is 25.3 Å². The second-order valence-corrected chi connectivity index (χ2v) is 14.2. The minimum atomic E-state index is -0.184. The first-order chi connectivity index (χ1) is 24.0. The van der Waals surface area contributed by atoms with Gasteiger partial charge in [-0.05, 0) is 96.6 Å². The van der Waals surface area contributed by atoms with Gasteiger partial charge in [-0.1, -0.05) is 129 Å². The van der Waals surface area contributed by atoms with Crippen molar-refractivity contribution in [2.45, 2.75) is 201 Å². The topological polar surface area (TPSA) is 76.1 Å². The molecular weight excluding hydrogens is 610 g/mol. The lowest BCUT2D eigenvalue weighted by molar-refractivity contribution is -0.138. The van der Waals surface area contributed by atoms with E-state index in [0.717, 1.165) is 103 Å². The number of ether oxygens (including phenoxy) is 2. The van der Waals surface area contributed by atoms with Gasteiger partial charge in [0.25, 0.3) is 0 Å². The number of unbranched alkanes of at least 4 members (excludes halogenated alkanes) is 16. The second-order valence-electron chi connectivity index (χ2n) is 14.2. The van der Waals surface area contributed by atoms with Crippen LogP contribution in [-0.2, 0) is 19.1 Å². The van der Waals surface area contributed by atoms with Crippen LogP contribution in [0.25, 0.3) is 0 Å². The van der Waals surface area contributed by atoms with E-state index >= 15 is 0 Å². The van der Waals surface area contributed by atoms with Crippen LogP contribution in [0, 0.1) is 0 Å². The fraction of sp³-hybridized carbons (Fsp3) is 0.860. The Morgan fingerprint density at radius 1 is 0.449 bits per heavy atom. The first-order valence-electron chi connectivity index (χ1n) is 21.1. The molecule has 0 saturated carbocycles. The van der Waals surface area contributed by atoms with Gasteiger partial charge in [-0.3, -0.25) is 0 Å². The molecular formula is C43H81NO5. The van der Waals surface area contributed by atoms with Gasteiger partial charge in [0.05, 0.1) is 13.2 Å². The third-order valence-corrected chi connectivity index (χ3v) is 9.41. The summed E-state index contributed by atoms with van der Waals surface area (Å²) in [6.45, 7) is 12.7. The summed E-state index contributed by atoms with van der Waals surface area (Å²) < 4.78 is 11.2. The predicted molar refractivity (Wildman–Crippen MR) is 209 cm³/mol. The van der Waals surface area contributed by atoms with Crippen molar-refractivity contribution in [2.24, 2.45) is 0 Å². The van der Waals surface area contributed by atoms with E-state index < -0.39 is 0 Å². The van der Waals surface area contributed by atoms with Crippen molar-refractivity contribution in [1.29, 1.82) is 0 Å². The molecule has 0 fully saturated rings. The highest BCUT2D eigenvalue weighted by molar-refractivity contribution is 5.83. The van der Waals surface area contributed by atoms with Crippen LogP contribution in [0.15, 0.2) is 23.3 Å². The zero-order valence-corrected chi connectivity index (χ0v) is 33.0. The normalized spacial score (nSPS) is 12.2. The van der Waals surface area contributed by atoms with Crippen LogP contribution in [0.5, 0.6) is 0 Å². The van der Waals surface area contributed by atoms with E-state index in [1.54, 1.807) is 12.2 Å². The van der Waals surface area contributed by atoms with Crippen LogP contribution >= 0.6 is 0 Å². The quantitative estimate of drug-likeness (QED) is 0.0397. The number of hydrogen-bond acceptors (Lipinski definition) is 6. The van der Waals surface area contributed by atoms with Crippen LogP contribution in [-0.4, -0.2) is 61.4 Å². The Kier molecular flexibility index (Phi) is 36.3. The Morgan fingerprint density at radius 3 is 1.12 bits per heavy atom. The molecule has 1 N–H and O–H groups in total. The zero-order chi connectivity index (χ0) is 36.0. The molecule has 49 heavy (non-hydrogen) atoms. The van der Waals surface area contributed by atoms with Crippen molar-refractivity contribution in [3.8, 4) is 0 Å². The average molecular weight is 692 g/mol. The summed E-state index contributed by atoms with van der Waals surface area (Å²) >= 11 is 0. The summed E-state index contributed by atoms with van der Waals surface area (Å²) in [6, 6.07) is 0. The molecule has 0 unspecified atom stereocenters. The van der Waals surface area contributed by atoms with Gasteiger partial charge < -0.3 is 19.5 Å². The maximum absolute atomic E-state index is 12.6. The van der Waals surface area contributed by atoms with E-state index in [4.69, 9.17) is 9.47 Å². The number of aliphatic hydroxyl groups excluding tert-OH is 1. The standard InChI is InChI=1S/C43H81NO5/c1-5-9-13-17-21-30-40(28-19-15-11-7-3)38-42(46)48-36-25-23-32-44(34-27-35-45)33-24-26-37-49-43(47)39-41(29-20-16-12-8-4)31-22-18-14-10-6-2/h38-39,45H,5-37H2,1-4H3/b40-38+,41-39?. The highest BCUT2D eigenvalue weighted by atomic mass is 16.5. The van der Waals surface area contributed by atoms with Gasteiger partial charge in [-0.25, -0.2) is 9.59 Å². The van der Waals surface area contributed by atoms with Gasteiger partial charge in [0.1, 0.15) is 0 Å². The molecule has 0 heterocycles. The number of esters is 2. The van der Waals surface area contributed by atoms with Gasteiger partial charge in [0.2, 0.25) is 0 Å². The Bertz CT molecular complexity index is 746. The fourth-order valence-corrected chi connectivity index (χ4v) is 6.27.